The van der Waals surface area contributed by atoms with E-state index in [0.29, 0.717) is 30.2 Å². The Kier molecular flexibility index (Phi) is 7.22. The molecule has 0 saturated heterocycles. The summed E-state index contributed by atoms with van der Waals surface area (Å²) in [5, 5.41) is 2.74. The highest BCUT2D eigenvalue weighted by Crippen LogP contribution is 2.22. The molecular weight excluding hydrogens is 418 g/mol. The number of rotatable bonds is 9. The Morgan fingerprint density at radius 1 is 1.00 bits per heavy atom. The normalized spacial score (nSPS) is 11.0. The van der Waals surface area contributed by atoms with Gasteiger partial charge in [0.1, 0.15) is 5.75 Å². The van der Waals surface area contributed by atoms with Gasteiger partial charge in [0.05, 0.1) is 23.4 Å². The van der Waals surface area contributed by atoms with Crippen LogP contribution in [-0.2, 0) is 14.8 Å². The number of aromatic nitrogens is 1. The van der Waals surface area contributed by atoms with E-state index in [1.165, 1.54) is 6.20 Å². The highest BCUT2D eigenvalue weighted by Gasteiger charge is 2.14. The molecule has 0 spiro atoms. The average Bonchev–Trinajstić information content (AvgIpc) is 2.76. The van der Waals surface area contributed by atoms with Crippen LogP contribution in [0.2, 0.25) is 0 Å². The van der Waals surface area contributed by atoms with E-state index in [0.717, 1.165) is 5.56 Å². The summed E-state index contributed by atoms with van der Waals surface area (Å²) in [6.45, 7) is 2.76. The quantitative estimate of drug-likeness (QED) is 0.493. The van der Waals surface area contributed by atoms with Gasteiger partial charge in [-0.2, -0.15) is 0 Å². The van der Waals surface area contributed by atoms with E-state index >= 15 is 0 Å². The van der Waals surface area contributed by atoms with E-state index in [9.17, 15) is 13.2 Å². The summed E-state index contributed by atoms with van der Waals surface area (Å²) in [4.78, 5) is 16.3. The van der Waals surface area contributed by atoms with Crippen molar-refractivity contribution in [1.82, 2.24) is 10.3 Å². The number of ether oxygens (including phenoxy) is 2. The first kappa shape index (κ1) is 22.3. The molecule has 0 unspecified atom stereocenters. The van der Waals surface area contributed by atoms with Crippen molar-refractivity contribution in [1.29, 1.82) is 0 Å². The lowest BCUT2D eigenvalue weighted by atomic mass is 10.2. The number of carbonyl (C=O) groups is 1. The van der Waals surface area contributed by atoms with Gasteiger partial charge in [0, 0.05) is 25.3 Å². The number of nitrogens with one attached hydrogen (secondary N) is 2. The Balaban J connectivity index is 1.60. The second-order valence-electron chi connectivity index (χ2n) is 6.68. The number of hydrogen-bond acceptors (Lipinski definition) is 6. The molecular formula is C22H23N3O5S. The van der Waals surface area contributed by atoms with Gasteiger partial charge in [-0.05, 0) is 49.4 Å². The molecule has 31 heavy (non-hydrogen) atoms. The first-order chi connectivity index (χ1) is 14.9. The number of aryl methyl sites for hydroxylation is 1. The molecule has 0 fully saturated rings. The molecule has 0 bridgehead atoms. The number of sulfonamides is 1. The molecule has 1 amide bonds. The lowest BCUT2D eigenvalue weighted by Crippen LogP contribution is -2.26. The molecule has 3 rings (SSSR count). The number of pyridine rings is 1. The van der Waals surface area contributed by atoms with E-state index < -0.39 is 10.0 Å². The predicted octanol–water partition coefficient (Wildman–Crippen LogP) is 3.36. The first-order valence-electron chi connectivity index (χ1n) is 9.48. The minimum Gasteiger partial charge on any atom is -0.439 e. The van der Waals surface area contributed by atoms with Crippen molar-refractivity contribution in [3.63, 3.8) is 0 Å². The van der Waals surface area contributed by atoms with E-state index in [4.69, 9.17) is 9.47 Å². The molecule has 0 saturated carbocycles. The zero-order valence-electron chi connectivity index (χ0n) is 17.2. The number of nitrogens with zero attached hydrogens (tertiary/aromatic N) is 1. The van der Waals surface area contributed by atoms with Crippen LogP contribution in [0.5, 0.6) is 11.6 Å². The van der Waals surface area contributed by atoms with Crippen molar-refractivity contribution in [2.24, 2.45) is 0 Å². The van der Waals surface area contributed by atoms with Crippen LogP contribution in [0, 0.1) is 6.92 Å². The summed E-state index contributed by atoms with van der Waals surface area (Å²) in [5.74, 6) is 0.580. The van der Waals surface area contributed by atoms with Crippen LogP contribution >= 0.6 is 0 Å². The van der Waals surface area contributed by atoms with Gasteiger partial charge in [-0.25, -0.2) is 13.4 Å². The zero-order valence-corrected chi connectivity index (χ0v) is 18.0. The molecule has 9 heteroatoms. The minimum atomic E-state index is -3.70. The summed E-state index contributed by atoms with van der Waals surface area (Å²) in [5.41, 5.74) is 1.79. The third kappa shape index (κ3) is 6.27. The topological polar surface area (TPSA) is 107 Å². The summed E-state index contributed by atoms with van der Waals surface area (Å²) in [7, 11) is -2.13. The molecule has 0 aliphatic heterocycles. The highest BCUT2D eigenvalue weighted by molar-refractivity contribution is 7.92. The summed E-state index contributed by atoms with van der Waals surface area (Å²) >= 11 is 0. The van der Waals surface area contributed by atoms with Crippen molar-refractivity contribution < 1.29 is 22.7 Å². The highest BCUT2D eigenvalue weighted by atomic mass is 32.2. The third-order valence-corrected chi connectivity index (χ3v) is 5.65. The second-order valence-corrected chi connectivity index (χ2v) is 8.36. The fraction of sp³-hybridized carbons (Fsp3) is 0.182. The van der Waals surface area contributed by atoms with E-state index in [-0.39, 0.29) is 16.7 Å². The number of methoxy groups -OCH3 is 1. The SMILES string of the molecule is COCCNC(=O)c1ccc(Oc2ccc(NS(=O)(=O)c3ccc(C)cc3)cn2)cc1. The van der Waals surface area contributed by atoms with Crippen LogP contribution in [0.15, 0.2) is 71.8 Å². The maximum Gasteiger partial charge on any atom is 0.261 e. The molecule has 0 aliphatic carbocycles. The number of amides is 1. The van der Waals surface area contributed by atoms with E-state index in [1.54, 1.807) is 67.8 Å². The van der Waals surface area contributed by atoms with Gasteiger partial charge in [-0.15, -0.1) is 0 Å². The van der Waals surface area contributed by atoms with Gasteiger partial charge in [-0.3, -0.25) is 9.52 Å². The van der Waals surface area contributed by atoms with Gasteiger partial charge in [0.15, 0.2) is 0 Å². The Labute approximate surface area is 181 Å². The summed E-state index contributed by atoms with van der Waals surface area (Å²) in [6.07, 6.45) is 1.37. The van der Waals surface area contributed by atoms with Crippen molar-refractivity contribution in [3.05, 3.63) is 78.0 Å². The average molecular weight is 442 g/mol. The molecule has 0 aliphatic rings. The maximum atomic E-state index is 12.4. The molecule has 162 valence electrons. The van der Waals surface area contributed by atoms with Gasteiger partial charge in [0.25, 0.3) is 15.9 Å². The largest absolute Gasteiger partial charge is 0.439 e. The van der Waals surface area contributed by atoms with Crippen molar-refractivity contribution in [3.8, 4) is 11.6 Å². The predicted molar refractivity (Wildman–Crippen MR) is 117 cm³/mol. The Morgan fingerprint density at radius 3 is 2.32 bits per heavy atom. The van der Waals surface area contributed by atoms with Crippen LogP contribution in [0.25, 0.3) is 0 Å². The Hall–Kier alpha value is -3.43. The van der Waals surface area contributed by atoms with Crippen molar-refractivity contribution in [2.75, 3.05) is 25.0 Å². The molecule has 1 aromatic heterocycles. The van der Waals surface area contributed by atoms with Crippen LogP contribution in [0.4, 0.5) is 5.69 Å². The van der Waals surface area contributed by atoms with Crippen LogP contribution in [-0.4, -0.2) is 39.6 Å². The summed E-state index contributed by atoms with van der Waals surface area (Å²) in [6, 6.07) is 16.3. The molecule has 3 aromatic rings. The maximum absolute atomic E-state index is 12.4. The number of anilines is 1. The molecule has 2 N–H and O–H groups in total. The van der Waals surface area contributed by atoms with Gasteiger partial charge in [-0.1, -0.05) is 17.7 Å². The molecule has 0 radical (unpaired) electrons. The fourth-order valence-electron chi connectivity index (χ4n) is 2.60. The van der Waals surface area contributed by atoms with Crippen LogP contribution in [0.1, 0.15) is 15.9 Å². The molecule has 1 heterocycles. The lowest BCUT2D eigenvalue weighted by Gasteiger charge is -2.10. The molecule has 8 nitrogen and oxygen atoms in total. The Morgan fingerprint density at radius 2 is 1.71 bits per heavy atom. The minimum absolute atomic E-state index is 0.171. The number of carbonyl (C=O) groups excluding carboxylic acids is 1. The lowest BCUT2D eigenvalue weighted by molar-refractivity contribution is 0.0937. The van der Waals surface area contributed by atoms with Crippen LogP contribution in [0.3, 0.4) is 0 Å². The standard InChI is InChI=1S/C22H23N3O5S/c1-16-3-10-20(11-4-16)31(27,28)25-18-7-12-21(24-15-18)30-19-8-5-17(6-9-19)22(26)23-13-14-29-2/h3-12,15,25H,13-14H2,1-2H3,(H,23,26). The first-order valence-corrected chi connectivity index (χ1v) is 11.0. The van der Waals surface area contributed by atoms with E-state index in [2.05, 4.69) is 15.0 Å². The number of hydrogen-bond donors (Lipinski definition) is 2. The fourth-order valence-corrected chi connectivity index (χ4v) is 3.64. The summed E-state index contributed by atoms with van der Waals surface area (Å²) < 4.78 is 37.9. The van der Waals surface area contributed by atoms with E-state index in [1.807, 2.05) is 6.92 Å². The zero-order chi connectivity index (χ0) is 22.3. The van der Waals surface area contributed by atoms with Crippen molar-refractivity contribution >= 4 is 21.6 Å². The third-order valence-electron chi connectivity index (χ3n) is 4.25. The van der Waals surface area contributed by atoms with Gasteiger partial charge in [0.2, 0.25) is 5.88 Å². The van der Waals surface area contributed by atoms with Gasteiger partial charge >= 0.3 is 0 Å². The molecule has 2 aromatic carbocycles. The van der Waals surface area contributed by atoms with Gasteiger partial charge < -0.3 is 14.8 Å². The molecule has 0 atom stereocenters. The van der Waals surface area contributed by atoms with Crippen LogP contribution < -0.4 is 14.8 Å². The second kappa shape index (κ2) is 10.1. The Bertz CT molecular complexity index is 1110. The van der Waals surface area contributed by atoms with Crippen molar-refractivity contribution in [2.45, 2.75) is 11.8 Å². The number of benzene rings is 2. The smallest absolute Gasteiger partial charge is 0.261 e. The monoisotopic (exact) mass is 441 g/mol.